The molecular weight excluding hydrogens is 413 g/mol. The molecule has 0 aliphatic heterocycles. The lowest BCUT2D eigenvalue weighted by Crippen LogP contribution is -2.12. The number of nitrogens with zero attached hydrogens (tertiary/aromatic N) is 2. The van der Waals surface area contributed by atoms with E-state index in [2.05, 4.69) is 15.0 Å². The number of aromatic amines is 1. The number of alkyl halides is 3. The summed E-state index contributed by atoms with van der Waals surface area (Å²) in [7, 11) is 0. The first-order valence-corrected chi connectivity index (χ1v) is 9.36. The summed E-state index contributed by atoms with van der Waals surface area (Å²) in [5.74, 6) is -1.82. The monoisotopic (exact) mass is 427 g/mol. The van der Waals surface area contributed by atoms with Gasteiger partial charge in [-0.3, -0.25) is 9.98 Å². The van der Waals surface area contributed by atoms with Gasteiger partial charge in [0.25, 0.3) is 0 Å². The Morgan fingerprint density at radius 2 is 1.86 bits per heavy atom. The van der Waals surface area contributed by atoms with Crippen molar-refractivity contribution in [2.24, 2.45) is 4.99 Å². The van der Waals surface area contributed by atoms with Crippen LogP contribution in [0.15, 0.2) is 29.4 Å². The lowest BCUT2D eigenvalue weighted by atomic mass is 9.94. The largest absolute Gasteiger partial charge is 0.417 e. The van der Waals surface area contributed by atoms with Crippen molar-refractivity contribution in [3.8, 4) is 0 Å². The summed E-state index contributed by atoms with van der Waals surface area (Å²) in [6.45, 7) is 0.283. The Morgan fingerprint density at radius 1 is 1.10 bits per heavy atom. The Morgan fingerprint density at radius 3 is 2.59 bits per heavy atom. The van der Waals surface area contributed by atoms with E-state index in [4.69, 9.17) is 11.6 Å². The van der Waals surface area contributed by atoms with Crippen LogP contribution in [0, 0.1) is 11.6 Å². The maximum absolute atomic E-state index is 13.6. The van der Waals surface area contributed by atoms with Gasteiger partial charge in [-0.25, -0.2) is 8.78 Å². The van der Waals surface area contributed by atoms with Gasteiger partial charge in [0.15, 0.2) is 11.6 Å². The quantitative estimate of drug-likeness (QED) is 0.521. The summed E-state index contributed by atoms with van der Waals surface area (Å²) >= 11 is 5.93. The summed E-state index contributed by atoms with van der Waals surface area (Å²) < 4.78 is 65.2. The van der Waals surface area contributed by atoms with E-state index >= 15 is 0 Å². The van der Waals surface area contributed by atoms with Gasteiger partial charge < -0.3 is 4.98 Å². The van der Waals surface area contributed by atoms with E-state index in [9.17, 15) is 22.0 Å². The number of pyridine rings is 1. The molecule has 0 saturated heterocycles. The second kappa shape index (κ2) is 7.40. The van der Waals surface area contributed by atoms with Crippen molar-refractivity contribution in [1.29, 1.82) is 0 Å². The fourth-order valence-electron chi connectivity index (χ4n) is 3.57. The molecule has 0 saturated carbocycles. The summed E-state index contributed by atoms with van der Waals surface area (Å²) in [5.41, 5.74) is 2.37. The van der Waals surface area contributed by atoms with Crippen LogP contribution in [-0.4, -0.2) is 22.2 Å². The molecule has 3 aromatic rings. The molecule has 0 radical (unpaired) electrons. The number of hydrogen-bond acceptors (Lipinski definition) is 2. The van der Waals surface area contributed by atoms with Crippen molar-refractivity contribution in [3.63, 3.8) is 0 Å². The second-order valence-electron chi connectivity index (χ2n) is 6.87. The first kappa shape index (κ1) is 19.8. The number of fused-ring (bicyclic) bond motifs is 3. The third kappa shape index (κ3) is 3.85. The molecule has 29 heavy (non-hydrogen) atoms. The number of H-pyrrole nitrogens is 1. The smallest absolute Gasteiger partial charge is 0.353 e. The average molecular weight is 428 g/mol. The van der Waals surface area contributed by atoms with Crippen LogP contribution in [0.3, 0.4) is 0 Å². The Bertz CT molecular complexity index is 1120. The molecular formula is C20H15ClF5N3. The highest BCUT2D eigenvalue weighted by Gasteiger charge is 2.31. The molecule has 0 atom stereocenters. The van der Waals surface area contributed by atoms with Crippen molar-refractivity contribution in [2.45, 2.75) is 31.9 Å². The van der Waals surface area contributed by atoms with Crippen LogP contribution in [0.4, 0.5) is 22.0 Å². The lowest BCUT2D eigenvalue weighted by Gasteiger charge is -2.14. The maximum Gasteiger partial charge on any atom is 0.417 e. The minimum absolute atomic E-state index is 0.0547. The van der Waals surface area contributed by atoms with Gasteiger partial charge >= 0.3 is 6.18 Å². The number of nitrogens with one attached hydrogen (secondary N) is 1. The van der Waals surface area contributed by atoms with Crippen molar-refractivity contribution in [2.75, 3.05) is 6.54 Å². The Hall–Kier alpha value is -2.48. The first-order valence-electron chi connectivity index (χ1n) is 8.99. The molecule has 1 aliphatic rings. The van der Waals surface area contributed by atoms with E-state index in [-0.39, 0.29) is 18.0 Å². The van der Waals surface area contributed by atoms with Gasteiger partial charge in [-0.15, -0.1) is 0 Å². The van der Waals surface area contributed by atoms with E-state index in [1.165, 1.54) is 6.07 Å². The number of halogens is 6. The number of aliphatic imine (C=N–C) groups is 1. The van der Waals surface area contributed by atoms with Crippen LogP contribution >= 0.6 is 11.6 Å². The number of benzene rings is 1. The molecule has 1 N–H and O–H groups in total. The van der Waals surface area contributed by atoms with Crippen molar-refractivity contribution < 1.29 is 22.0 Å². The van der Waals surface area contributed by atoms with E-state index in [1.54, 1.807) is 0 Å². The summed E-state index contributed by atoms with van der Waals surface area (Å²) in [5, 5.41) is 0.583. The van der Waals surface area contributed by atoms with Crippen LogP contribution < -0.4 is 0 Å². The minimum Gasteiger partial charge on any atom is -0.353 e. The standard InChI is InChI=1S/C20H15ClF5N3/c21-13-6-10(20(24,25)26)9-28-16(13)4-5-27-17-3-1-2-11-12-7-14(22)15(23)8-18(12)29-19(11)17/h6-9,29H,1-5H2/b27-17+. The molecule has 0 spiro atoms. The van der Waals surface area contributed by atoms with E-state index < -0.39 is 23.4 Å². The molecule has 152 valence electrons. The van der Waals surface area contributed by atoms with Gasteiger partial charge in [-0.1, -0.05) is 11.6 Å². The fraction of sp³-hybridized carbons (Fsp3) is 0.300. The average Bonchev–Trinajstić information content (AvgIpc) is 3.01. The second-order valence-corrected chi connectivity index (χ2v) is 7.28. The highest BCUT2D eigenvalue weighted by atomic mass is 35.5. The van der Waals surface area contributed by atoms with Crippen LogP contribution in [0.2, 0.25) is 5.02 Å². The minimum atomic E-state index is -4.50. The van der Waals surface area contributed by atoms with E-state index in [0.29, 0.717) is 23.0 Å². The molecule has 9 heteroatoms. The van der Waals surface area contributed by atoms with Crippen LogP contribution in [0.1, 0.15) is 35.4 Å². The van der Waals surface area contributed by atoms with Gasteiger partial charge in [0, 0.05) is 36.1 Å². The Kier molecular flexibility index (Phi) is 5.06. The van der Waals surface area contributed by atoms with E-state index in [0.717, 1.165) is 48.1 Å². The number of aromatic nitrogens is 2. The topological polar surface area (TPSA) is 41.0 Å². The highest BCUT2D eigenvalue weighted by Crippen LogP contribution is 2.32. The van der Waals surface area contributed by atoms with Gasteiger partial charge in [-0.05, 0) is 37.0 Å². The molecule has 2 aromatic heterocycles. The van der Waals surface area contributed by atoms with Crippen LogP contribution in [0.25, 0.3) is 10.9 Å². The summed E-state index contributed by atoms with van der Waals surface area (Å²) in [6.07, 6.45) is -1.22. The third-order valence-corrected chi connectivity index (χ3v) is 5.30. The fourth-order valence-corrected chi connectivity index (χ4v) is 3.83. The molecule has 1 aromatic carbocycles. The lowest BCUT2D eigenvalue weighted by molar-refractivity contribution is -0.137. The third-order valence-electron chi connectivity index (χ3n) is 4.97. The predicted molar refractivity (Wildman–Crippen MR) is 101 cm³/mol. The van der Waals surface area contributed by atoms with Gasteiger partial charge in [0.2, 0.25) is 0 Å². The van der Waals surface area contributed by atoms with Crippen molar-refractivity contribution in [3.05, 3.63) is 63.6 Å². The Labute approximate surface area is 167 Å². The molecule has 4 rings (SSSR count). The zero-order chi connectivity index (χ0) is 20.8. The summed E-state index contributed by atoms with van der Waals surface area (Å²) in [6, 6.07) is 3.18. The maximum atomic E-state index is 13.6. The van der Waals surface area contributed by atoms with Crippen LogP contribution in [0.5, 0.6) is 0 Å². The van der Waals surface area contributed by atoms with E-state index in [1.807, 2.05) is 0 Å². The normalized spacial score (nSPS) is 15.9. The molecule has 0 bridgehead atoms. The van der Waals surface area contributed by atoms with Crippen LogP contribution in [-0.2, 0) is 19.0 Å². The van der Waals surface area contributed by atoms with Gasteiger partial charge in [0.1, 0.15) is 0 Å². The molecule has 0 amide bonds. The van der Waals surface area contributed by atoms with Crippen molar-refractivity contribution in [1.82, 2.24) is 9.97 Å². The number of aryl methyl sites for hydroxylation is 1. The van der Waals surface area contributed by atoms with Crippen molar-refractivity contribution >= 4 is 28.2 Å². The predicted octanol–water partition coefficient (Wildman–Crippen LogP) is 5.88. The molecule has 0 unspecified atom stereocenters. The highest BCUT2D eigenvalue weighted by molar-refractivity contribution is 6.31. The first-order chi connectivity index (χ1) is 13.7. The number of rotatable bonds is 3. The molecule has 2 heterocycles. The number of hydrogen-bond donors (Lipinski definition) is 1. The zero-order valence-corrected chi connectivity index (χ0v) is 15.8. The molecule has 1 aliphatic carbocycles. The zero-order valence-electron chi connectivity index (χ0n) is 15.0. The molecule has 0 fully saturated rings. The summed E-state index contributed by atoms with van der Waals surface area (Å²) in [4.78, 5) is 11.5. The Balaban J connectivity index is 1.57. The molecule has 3 nitrogen and oxygen atoms in total. The SMILES string of the molecule is Fc1cc2[nH]c3c(c2cc1F)CCC/C3=N\CCc1ncc(C(F)(F)F)cc1Cl. The van der Waals surface area contributed by atoms with Gasteiger partial charge in [-0.2, -0.15) is 13.2 Å². The van der Waals surface area contributed by atoms with Gasteiger partial charge in [0.05, 0.1) is 27.7 Å².